The van der Waals surface area contributed by atoms with Crippen molar-refractivity contribution in [3.8, 4) is 0 Å². The van der Waals surface area contributed by atoms with E-state index in [1.165, 1.54) is 38.5 Å². The van der Waals surface area contributed by atoms with Crippen LogP contribution in [0.1, 0.15) is 65.2 Å². The Kier molecular flexibility index (Phi) is 10.5. The van der Waals surface area contributed by atoms with E-state index in [4.69, 9.17) is 9.84 Å². The summed E-state index contributed by atoms with van der Waals surface area (Å²) < 4.78 is 5.40. The van der Waals surface area contributed by atoms with E-state index in [0.29, 0.717) is 6.61 Å². The maximum Gasteiger partial charge on any atom is 0.305 e. The molecule has 0 heterocycles. The topological polar surface area (TPSA) is 46.5 Å². The summed E-state index contributed by atoms with van der Waals surface area (Å²) in [5.41, 5.74) is 0. The third kappa shape index (κ3) is 11.5. The average Bonchev–Trinajstić information content (AvgIpc) is 2.22. The molecule has 1 N–H and O–H groups in total. The van der Waals surface area contributed by atoms with Gasteiger partial charge in [-0.25, -0.2) is 0 Å². The highest BCUT2D eigenvalue weighted by Crippen LogP contribution is 2.10. The normalized spacial score (nSPS) is 12.6. The quantitative estimate of drug-likeness (QED) is 0.551. The summed E-state index contributed by atoms with van der Waals surface area (Å²) in [6.45, 7) is 4.58. The molecule has 16 heavy (non-hydrogen) atoms. The molecule has 3 heteroatoms. The molecule has 0 aliphatic carbocycles. The lowest BCUT2D eigenvalue weighted by Gasteiger charge is -2.11. The van der Waals surface area contributed by atoms with Crippen LogP contribution in [-0.4, -0.2) is 23.8 Å². The summed E-state index contributed by atoms with van der Waals surface area (Å²) in [5.74, 6) is -0.785. The predicted molar refractivity (Wildman–Crippen MR) is 65.7 cm³/mol. The number of hydrogen-bond acceptors (Lipinski definition) is 2. The molecule has 0 amide bonds. The number of carboxylic acid groups (broad SMARTS) is 1. The monoisotopic (exact) mass is 230 g/mol. The highest BCUT2D eigenvalue weighted by molar-refractivity contribution is 5.66. The van der Waals surface area contributed by atoms with E-state index in [-0.39, 0.29) is 12.5 Å². The van der Waals surface area contributed by atoms with E-state index >= 15 is 0 Å². The van der Waals surface area contributed by atoms with Crippen LogP contribution in [0.25, 0.3) is 0 Å². The zero-order valence-electron chi connectivity index (χ0n) is 10.7. The van der Waals surface area contributed by atoms with E-state index in [2.05, 4.69) is 6.92 Å². The van der Waals surface area contributed by atoms with Gasteiger partial charge in [0.1, 0.15) is 0 Å². The van der Waals surface area contributed by atoms with Crippen LogP contribution in [0.4, 0.5) is 0 Å². The van der Waals surface area contributed by atoms with E-state index < -0.39 is 5.97 Å². The molecule has 1 unspecified atom stereocenters. The summed E-state index contributed by atoms with van der Waals surface area (Å²) in [7, 11) is 0. The Morgan fingerprint density at radius 2 is 1.81 bits per heavy atom. The van der Waals surface area contributed by atoms with Gasteiger partial charge in [0, 0.05) is 0 Å². The molecule has 0 bridgehead atoms. The van der Waals surface area contributed by atoms with E-state index in [1.807, 2.05) is 6.92 Å². The van der Waals surface area contributed by atoms with Crippen LogP contribution >= 0.6 is 0 Å². The lowest BCUT2D eigenvalue weighted by Crippen LogP contribution is -2.11. The van der Waals surface area contributed by atoms with Crippen LogP contribution in [0.3, 0.4) is 0 Å². The molecule has 0 radical (unpaired) electrons. The van der Waals surface area contributed by atoms with Crippen LogP contribution in [0.2, 0.25) is 0 Å². The molecule has 0 saturated heterocycles. The lowest BCUT2D eigenvalue weighted by atomic mass is 10.1. The van der Waals surface area contributed by atoms with Crippen molar-refractivity contribution in [1.29, 1.82) is 0 Å². The predicted octanol–water partition coefficient (Wildman–Crippen LogP) is 3.62. The standard InChI is InChI=1S/C13H26O3/c1-3-4-5-6-7-8-9-12(2)16-11-10-13(14)15/h12H,3-11H2,1-2H3,(H,14,15). The molecule has 1 atom stereocenters. The molecule has 0 fully saturated rings. The maximum atomic E-state index is 10.3. The van der Waals surface area contributed by atoms with Gasteiger partial charge in [-0.05, 0) is 13.3 Å². The first-order valence-electron chi connectivity index (χ1n) is 6.50. The third-order valence-corrected chi connectivity index (χ3v) is 2.68. The Morgan fingerprint density at radius 3 is 2.44 bits per heavy atom. The Morgan fingerprint density at radius 1 is 1.19 bits per heavy atom. The molecule has 0 aromatic heterocycles. The van der Waals surface area contributed by atoms with Crippen molar-refractivity contribution in [2.24, 2.45) is 0 Å². The smallest absolute Gasteiger partial charge is 0.305 e. The van der Waals surface area contributed by atoms with Gasteiger partial charge in [0.15, 0.2) is 0 Å². The van der Waals surface area contributed by atoms with Crippen molar-refractivity contribution in [2.45, 2.75) is 71.3 Å². The molecule has 3 nitrogen and oxygen atoms in total. The summed E-state index contributed by atoms with van der Waals surface area (Å²) in [6, 6.07) is 0. The Bertz CT molecular complexity index is 169. The van der Waals surface area contributed by atoms with Gasteiger partial charge in [-0.1, -0.05) is 45.4 Å². The number of aliphatic carboxylic acids is 1. The third-order valence-electron chi connectivity index (χ3n) is 2.68. The minimum absolute atomic E-state index is 0.112. The van der Waals surface area contributed by atoms with Gasteiger partial charge in [0.25, 0.3) is 0 Å². The maximum absolute atomic E-state index is 10.3. The molecule has 0 aromatic carbocycles. The van der Waals surface area contributed by atoms with Gasteiger partial charge in [0.05, 0.1) is 19.1 Å². The highest BCUT2D eigenvalue weighted by atomic mass is 16.5. The number of carbonyl (C=O) groups is 1. The van der Waals surface area contributed by atoms with Crippen molar-refractivity contribution < 1.29 is 14.6 Å². The zero-order valence-corrected chi connectivity index (χ0v) is 10.7. The fourth-order valence-electron chi connectivity index (χ4n) is 1.64. The van der Waals surface area contributed by atoms with Gasteiger partial charge < -0.3 is 9.84 Å². The molecule has 0 saturated carbocycles. The van der Waals surface area contributed by atoms with Crippen molar-refractivity contribution in [3.05, 3.63) is 0 Å². The van der Waals surface area contributed by atoms with Gasteiger partial charge in [-0.15, -0.1) is 0 Å². The second-order valence-corrected chi connectivity index (χ2v) is 4.38. The van der Waals surface area contributed by atoms with Gasteiger partial charge in [-0.3, -0.25) is 4.79 Å². The van der Waals surface area contributed by atoms with Crippen LogP contribution in [0, 0.1) is 0 Å². The molecule has 0 spiro atoms. The fraction of sp³-hybridized carbons (Fsp3) is 0.923. The van der Waals surface area contributed by atoms with E-state index in [9.17, 15) is 4.79 Å². The molecule has 0 aliphatic rings. The Hall–Kier alpha value is -0.570. The van der Waals surface area contributed by atoms with Crippen LogP contribution in [-0.2, 0) is 9.53 Å². The largest absolute Gasteiger partial charge is 0.481 e. The second-order valence-electron chi connectivity index (χ2n) is 4.38. The fourth-order valence-corrected chi connectivity index (χ4v) is 1.64. The zero-order chi connectivity index (χ0) is 12.2. The molecule has 96 valence electrons. The van der Waals surface area contributed by atoms with Crippen LogP contribution < -0.4 is 0 Å². The molecular weight excluding hydrogens is 204 g/mol. The first-order chi connectivity index (χ1) is 7.66. The number of carboxylic acids is 1. The number of unbranched alkanes of at least 4 members (excludes halogenated alkanes) is 5. The first kappa shape index (κ1) is 15.4. The lowest BCUT2D eigenvalue weighted by molar-refractivity contribution is -0.138. The molecule has 0 aromatic rings. The van der Waals surface area contributed by atoms with E-state index in [0.717, 1.165) is 6.42 Å². The number of hydrogen-bond donors (Lipinski definition) is 1. The summed E-state index contributed by atoms with van der Waals surface area (Å²) in [6.07, 6.45) is 9.10. The van der Waals surface area contributed by atoms with Crippen molar-refractivity contribution in [2.75, 3.05) is 6.61 Å². The average molecular weight is 230 g/mol. The molecular formula is C13H26O3. The summed E-state index contributed by atoms with van der Waals surface area (Å²) in [4.78, 5) is 10.3. The SMILES string of the molecule is CCCCCCCCC(C)OCCC(=O)O. The van der Waals surface area contributed by atoms with E-state index in [1.54, 1.807) is 0 Å². The second kappa shape index (κ2) is 10.9. The highest BCUT2D eigenvalue weighted by Gasteiger charge is 2.03. The van der Waals surface area contributed by atoms with Crippen molar-refractivity contribution in [3.63, 3.8) is 0 Å². The van der Waals surface area contributed by atoms with Crippen molar-refractivity contribution >= 4 is 5.97 Å². The number of rotatable bonds is 11. The minimum atomic E-state index is -0.785. The Balaban J connectivity index is 3.17. The summed E-state index contributed by atoms with van der Waals surface area (Å²) in [5, 5.41) is 8.44. The van der Waals surface area contributed by atoms with Crippen molar-refractivity contribution in [1.82, 2.24) is 0 Å². The summed E-state index contributed by atoms with van der Waals surface area (Å²) >= 11 is 0. The number of ether oxygens (including phenoxy) is 1. The molecule has 0 aliphatic heterocycles. The minimum Gasteiger partial charge on any atom is -0.481 e. The van der Waals surface area contributed by atoms with Gasteiger partial charge in [-0.2, -0.15) is 0 Å². The van der Waals surface area contributed by atoms with Crippen LogP contribution in [0.5, 0.6) is 0 Å². The van der Waals surface area contributed by atoms with Gasteiger partial charge in [0.2, 0.25) is 0 Å². The molecule has 0 rings (SSSR count). The Labute approximate surface area is 99.2 Å². The van der Waals surface area contributed by atoms with Gasteiger partial charge >= 0.3 is 5.97 Å². The van der Waals surface area contributed by atoms with Crippen LogP contribution in [0.15, 0.2) is 0 Å². The first-order valence-corrected chi connectivity index (χ1v) is 6.50.